The first-order chi connectivity index (χ1) is 11.6. The molecule has 1 saturated heterocycles. The van der Waals surface area contributed by atoms with Crippen LogP contribution in [0, 0.1) is 5.92 Å². The summed E-state index contributed by atoms with van der Waals surface area (Å²) in [4.78, 5) is 19.0. The minimum Gasteiger partial charge on any atom is -0.352 e. The minimum absolute atomic E-state index is 0.0288. The Morgan fingerprint density at radius 1 is 1.38 bits per heavy atom. The van der Waals surface area contributed by atoms with E-state index in [1.807, 2.05) is 18.2 Å². The fourth-order valence-electron chi connectivity index (χ4n) is 3.34. The number of halogens is 1. The molecule has 5 heteroatoms. The van der Waals surface area contributed by atoms with Crippen LogP contribution in [0.2, 0.25) is 5.15 Å². The van der Waals surface area contributed by atoms with Crippen molar-refractivity contribution in [2.24, 2.45) is 5.92 Å². The Morgan fingerprint density at radius 2 is 2.25 bits per heavy atom. The number of carbonyl (C=O) groups is 1. The number of carbonyl (C=O) groups excluding carboxylic acids is 1. The number of hydrogen-bond acceptors (Lipinski definition) is 3. The summed E-state index contributed by atoms with van der Waals surface area (Å²) in [6.07, 6.45) is 3.63. The zero-order valence-corrected chi connectivity index (χ0v) is 14.9. The topological polar surface area (TPSA) is 45.2 Å². The second-order valence-electron chi connectivity index (χ2n) is 6.70. The molecule has 0 bridgehead atoms. The maximum Gasteiger partial charge on any atom is 0.251 e. The van der Waals surface area contributed by atoms with E-state index in [1.165, 1.54) is 25.9 Å². The SMILES string of the molecule is CC1CCCN(CCCNC(=O)c2ccc3nc(Cl)ccc3c2)C1. The highest BCUT2D eigenvalue weighted by Gasteiger charge is 2.15. The number of likely N-dealkylation sites (tertiary alicyclic amines) is 1. The van der Waals surface area contributed by atoms with E-state index in [9.17, 15) is 4.79 Å². The third kappa shape index (κ3) is 4.46. The van der Waals surface area contributed by atoms with Crippen LogP contribution in [-0.4, -0.2) is 42.0 Å². The Morgan fingerprint density at radius 3 is 3.08 bits per heavy atom. The number of benzene rings is 1. The summed E-state index contributed by atoms with van der Waals surface area (Å²) in [5.74, 6) is 0.770. The standard InChI is InChI=1S/C19H24ClN3O/c1-14-4-2-10-23(13-14)11-3-9-21-19(24)16-5-7-17-15(12-16)6-8-18(20)22-17/h5-8,12,14H,2-4,9-11,13H2,1H3,(H,21,24). The molecule has 2 heterocycles. The van der Waals surface area contributed by atoms with E-state index < -0.39 is 0 Å². The van der Waals surface area contributed by atoms with E-state index in [1.54, 1.807) is 12.1 Å². The zero-order valence-electron chi connectivity index (χ0n) is 14.1. The van der Waals surface area contributed by atoms with Gasteiger partial charge in [0.1, 0.15) is 5.15 Å². The largest absolute Gasteiger partial charge is 0.352 e. The first-order valence-electron chi connectivity index (χ1n) is 8.69. The van der Waals surface area contributed by atoms with Crippen molar-refractivity contribution in [2.45, 2.75) is 26.2 Å². The lowest BCUT2D eigenvalue weighted by molar-refractivity contribution is 0.0950. The number of fused-ring (bicyclic) bond motifs is 1. The molecule has 1 atom stereocenters. The second kappa shape index (κ2) is 7.95. The highest BCUT2D eigenvalue weighted by molar-refractivity contribution is 6.29. The van der Waals surface area contributed by atoms with E-state index >= 15 is 0 Å². The monoisotopic (exact) mass is 345 g/mol. The van der Waals surface area contributed by atoms with Crippen molar-refractivity contribution in [2.75, 3.05) is 26.2 Å². The average Bonchev–Trinajstić information content (AvgIpc) is 2.58. The van der Waals surface area contributed by atoms with Gasteiger partial charge in [0, 0.05) is 24.0 Å². The van der Waals surface area contributed by atoms with E-state index in [0.29, 0.717) is 17.3 Å². The van der Waals surface area contributed by atoms with Gasteiger partial charge in [-0.15, -0.1) is 0 Å². The summed E-state index contributed by atoms with van der Waals surface area (Å²) < 4.78 is 0. The number of amides is 1. The maximum absolute atomic E-state index is 12.3. The molecule has 1 aromatic carbocycles. The van der Waals surface area contributed by atoms with Gasteiger partial charge >= 0.3 is 0 Å². The lowest BCUT2D eigenvalue weighted by atomic mass is 10.0. The molecule has 0 saturated carbocycles. The van der Waals surface area contributed by atoms with Crippen molar-refractivity contribution in [1.82, 2.24) is 15.2 Å². The minimum atomic E-state index is -0.0288. The molecule has 1 N–H and O–H groups in total. The lowest BCUT2D eigenvalue weighted by Gasteiger charge is -2.30. The van der Waals surface area contributed by atoms with Crippen LogP contribution in [0.15, 0.2) is 30.3 Å². The Balaban J connectivity index is 1.49. The van der Waals surface area contributed by atoms with Gasteiger partial charge in [-0.2, -0.15) is 0 Å². The van der Waals surface area contributed by atoms with Gasteiger partial charge in [-0.1, -0.05) is 18.5 Å². The van der Waals surface area contributed by atoms with Crippen LogP contribution >= 0.6 is 11.6 Å². The summed E-state index contributed by atoms with van der Waals surface area (Å²) >= 11 is 5.88. The highest BCUT2D eigenvalue weighted by atomic mass is 35.5. The molecule has 1 fully saturated rings. The molecule has 0 aliphatic carbocycles. The predicted molar refractivity (Wildman–Crippen MR) is 98.5 cm³/mol. The van der Waals surface area contributed by atoms with Gasteiger partial charge in [0.25, 0.3) is 5.91 Å². The molecule has 2 aromatic rings. The highest BCUT2D eigenvalue weighted by Crippen LogP contribution is 2.17. The molecule has 3 rings (SSSR count). The molecule has 128 valence electrons. The fraction of sp³-hybridized carbons (Fsp3) is 0.474. The van der Waals surface area contributed by atoms with E-state index in [2.05, 4.69) is 22.1 Å². The number of nitrogens with zero attached hydrogens (tertiary/aromatic N) is 2. The number of nitrogens with one attached hydrogen (secondary N) is 1. The summed E-state index contributed by atoms with van der Waals surface area (Å²) in [5, 5.41) is 4.40. The normalized spacial score (nSPS) is 18.7. The summed E-state index contributed by atoms with van der Waals surface area (Å²) in [5.41, 5.74) is 1.47. The predicted octanol–water partition coefficient (Wildman–Crippen LogP) is 3.74. The van der Waals surface area contributed by atoms with Crippen molar-refractivity contribution in [1.29, 1.82) is 0 Å². The molecular weight excluding hydrogens is 322 g/mol. The van der Waals surface area contributed by atoms with E-state index in [0.717, 1.165) is 29.8 Å². The van der Waals surface area contributed by atoms with Gasteiger partial charge in [0.05, 0.1) is 5.52 Å². The van der Waals surface area contributed by atoms with Crippen LogP contribution in [0.1, 0.15) is 36.5 Å². The number of piperidine rings is 1. The Kier molecular flexibility index (Phi) is 5.69. The van der Waals surface area contributed by atoms with Crippen LogP contribution in [0.3, 0.4) is 0 Å². The Labute approximate surface area is 148 Å². The zero-order chi connectivity index (χ0) is 16.9. The van der Waals surface area contributed by atoms with Gasteiger partial charge in [-0.05, 0) is 68.6 Å². The van der Waals surface area contributed by atoms with Crippen molar-refractivity contribution < 1.29 is 4.79 Å². The number of rotatable bonds is 5. The maximum atomic E-state index is 12.3. The molecule has 1 amide bonds. The van der Waals surface area contributed by atoms with Crippen LogP contribution in [0.5, 0.6) is 0 Å². The Bertz CT molecular complexity index is 719. The summed E-state index contributed by atoms with van der Waals surface area (Å²) in [6.45, 7) is 6.47. The van der Waals surface area contributed by atoms with Crippen LogP contribution in [0.4, 0.5) is 0 Å². The van der Waals surface area contributed by atoms with Crippen molar-refractivity contribution >= 4 is 28.4 Å². The van der Waals surface area contributed by atoms with E-state index in [4.69, 9.17) is 11.6 Å². The number of hydrogen-bond donors (Lipinski definition) is 1. The van der Waals surface area contributed by atoms with Crippen molar-refractivity contribution in [3.8, 4) is 0 Å². The van der Waals surface area contributed by atoms with Crippen molar-refractivity contribution in [3.05, 3.63) is 41.0 Å². The summed E-state index contributed by atoms with van der Waals surface area (Å²) in [6, 6.07) is 9.13. The lowest BCUT2D eigenvalue weighted by Crippen LogP contribution is -2.36. The molecule has 1 aliphatic rings. The van der Waals surface area contributed by atoms with Gasteiger partial charge < -0.3 is 10.2 Å². The first-order valence-corrected chi connectivity index (χ1v) is 9.06. The molecule has 0 spiro atoms. The van der Waals surface area contributed by atoms with E-state index in [-0.39, 0.29) is 5.91 Å². The smallest absolute Gasteiger partial charge is 0.251 e. The average molecular weight is 346 g/mol. The molecule has 0 radical (unpaired) electrons. The molecule has 1 unspecified atom stereocenters. The number of pyridine rings is 1. The Hall–Kier alpha value is -1.65. The molecule has 1 aliphatic heterocycles. The van der Waals surface area contributed by atoms with Gasteiger partial charge in [0.2, 0.25) is 0 Å². The third-order valence-electron chi connectivity index (χ3n) is 4.60. The summed E-state index contributed by atoms with van der Waals surface area (Å²) in [7, 11) is 0. The molecule has 4 nitrogen and oxygen atoms in total. The quantitative estimate of drug-likeness (QED) is 0.663. The van der Waals surface area contributed by atoms with Gasteiger partial charge in [0.15, 0.2) is 0 Å². The van der Waals surface area contributed by atoms with Gasteiger partial charge in [-0.3, -0.25) is 4.79 Å². The molecular formula is C19H24ClN3O. The molecule has 1 aromatic heterocycles. The van der Waals surface area contributed by atoms with Crippen LogP contribution in [-0.2, 0) is 0 Å². The van der Waals surface area contributed by atoms with Crippen LogP contribution < -0.4 is 5.32 Å². The number of aromatic nitrogens is 1. The van der Waals surface area contributed by atoms with Gasteiger partial charge in [-0.25, -0.2) is 4.98 Å². The first kappa shape index (κ1) is 17.2. The molecule has 24 heavy (non-hydrogen) atoms. The second-order valence-corrected chi connectivity index (χ2v) is 7.09. The fourth-order valence-corrected chi connectivity index (χ4v) is 3.49. The third-order valence-corrected chi connectivity index (χ3v) is 4.81. The van der Waals surface area contributed by atoms with Crippen LogP contribution in [0.25, 0.3) is 10.9 Å². The van der Waals surface area contributed by atoms with Crippen molar-refractivity contribution in [3.63, 3.8) is 0 Å².